The van der Waals surface area contributed by atoms with Gasteiger partial charge in [0.25, 0.3) is 0 Å². The van der Waals surface area contributed by atoms with E-state index in [1.54, 1.807) is 0 Å². The van der Waals surface area contributed by atoms with E-state index in [-0.39, 0.29) is 0 Å². The average Bonchev–Trinajstić information content (AvgIpc) is 2.56. The molecule has 1 aliphatic heterocycles. The molecule has 2 heterocycles. The van der Waals surface area contributed by atoms with Crippen LogP contribution in [0.25, 0.3) is 0 Å². The number of anilines is 1. The summed E-state index contributed by atoms with van der Waals surface area (Å²) >= 11 is 0. The molecule has 22 heavy (non-hydrogen) atoms. The van der Waals surface area contributed by atoms with Crippen LogP contribution in [0.2, 0.25) is 0 Å². The van der Waals surface area contributed by atoms with Crippen LogP contribution in [-0.4, -0.2) is 37.2 Å². The second kappa shape index (κ2) is 7.42. The molecule has 1 saturated heterocycles. The van der Waals surface area contributed by atoms with Gasteiger partial charge in [0, 0.05) is 37.2 Å². The van der Waals surface area contributed by atoms with Gasteiger partial charge in [-0.1, -0.05) is 0 Å². The van der Waals surface area contributed by atoms with E-state index in [1.165, 1.54) is 62.9 Å². The highest BCUT2D eigenvalue weighted by atomic mass is 15.0. The van der Waals surface area contributed by atoms with Gasteiger partial charge in [-0.05, 0) is 75.6 Å². The summed E-state index contributed by atoms with van der Waals surface area (Å²) in [5.41, 5.74) is 3.10. The third-order valence-corrected chi connectivity index (χ3v) is 5.60. The molecule has 0 bridgehead atoms. The van der Waals surface area contributed by atoms with Crippen LogP contribution < -0.4 is 16.0 Å². The molecule has 0 aromatic carbocycles. The summed E-state index contributed by atoms with van der Waals surface area (Å²) in [6.45, 7) is 6.58. The van der Waals surface area contributed by atoms with E-state index in [0.717, 1.165) is 19.1 Å². The van der Waals surface area contributed by atoms with Crippen molar-refractivity contribution in [1.29, 1.82) is 0 Å². The Bertz CT molecular complexity index is 458. The van der Waals surface area contributed by atoms with Crippen LogP contribution in [0.1, 0.15) is 44.1 Å². The van der Waals surface area contributed by atoms with Crippen molar-refractivity contribution in [2.45, 2.75) is 51.5 Å². The van der Waals surface area contributed by atoms with Gasteiger partial charge in [-0.2, -0.15) is 0 Å². The number of rotatable bonds is 5. The Kier molecular flexibility index (Phi) is 5.32. The van der Waals surface area contributed by atoms with E-state index in [9.17, 15) is 0 Å². The molecular weight excluding hydrogens is 272 g/mol. The summed E-state index contributed by atoms with van der Waals surface area (Å²) in [5.74, 6) is 0. The van der Waals surface area contributed by atoms with Gasteiger partial charge >= 0.3 is 0 Å². The van der Waals surface area contributed by atoms with E-state index in [0.29, 0.717) is 5.41 Å². The van der Waals surface area contributed by atoms with Crippen LogP contribution >= 0.6 is 0 Å². The number of nitrogens with one attached hydrogen (secondary N) is 3. The molecule has 122 valence electrons. The Morgan fingerprint density at radius 2 is 1.95 bits per heavy atom. The molecule has 0 atom stereocenters. The lowest BCUT2D eigenvalue weighted by molar-refractivity contribution is 0.116. The Morgan fingerprint density at radius 1 is 1.18 bits per heavy atom. The predicted molar refractivity (Wildman–Crippen MR) is 92.3 cm³/mol. The summed E-state index contributed by atoms with van der Waals surface area (Å²) in [7, 11) is 0. The normalized spacial score (nSPS) is 21.9. The molecule has 0 amide bonds. The maximum absolute atomic E-state index is 4.13. The fourth-order valence-corrected chi connectivity index (χ4v) is 4.04. The molecule has 3 rings (SSSR count). The molecule has 0 unspecified atom stereocenters. The van der Waals surface area contributed by atoms with Crippen molar-refractivity contribution in [2.75, 3.05) is 31.5 Å². The van der Waals surface area contributed by atoms with Crippen LogP contribution in [0, 0.1) is 12.3 Å². The van der Waals surface area contributed by atoms with Gasteiger partial charge in [-0.15, -0.1) is 0 Å². The van der Waals surface area contributed by atoms with E-state index in [4.69, 9.17) is 0 Å². The van der Waals surface area contributed by atoms with E-state index in [1.807, 2.05) is 12.4 Å². The second-order valence-electron chi connectivity index (χ2n) is 7.10. The smallest absolute Gasteiger partial charge is 0.0401 e. The van der Waals surface area contributed by atoms with Crippen molar-refractivity contribution in [3.05, 3.63) is 24.0 Å². The minimum absolute atomic E-state index is 0.676. The van der Waals surface area contributed by atoms with Crippen LogP contribution in [-0.2, 0) is 0 Å². The third-order valence-electron chi connectivity index (χ3n) is 5.60. The first-order valence-corrected chi connectivity index (χ1v) is 8.86. The van der Waals surface area contributed by atoms with Crippen molar-refractivity contribution in [2.24, 2.45) is 5.41 Å². The fourth-order valence-electron chi connectivity index (χ4n) is 4.04. The monoisotopic (exact) mass is 302 g/mol. The number of hydrogen-bond acceptors (Lipinski definition) is 4. The largest absolute Gasteiger partial charge is 0.383 e. The Labute approximate surface area is 134 Å². The fraction of sp³-hybridized carbons (Fsp3) is 0.722. The minimum atomic E-state index is 0.676. The molecular formula is C18H30N4. The van der Waals surface area contributed by atoms with Crippen molar-refractivity contribution in [1.82, 2.24) is 15.6 Å². The lowest BCUT2D eigenvalue weighted by atomic mass is 9.67. The summed E-state index contributed by atoms with van der Waals surface area (Å²) in [5, 5.41) is 10.7. The van der Waals surface area contributed by atoms with Crippen LogP contribution in [0.5, 0.6) is 0 Å². The maximum atomic E-state index is 4.13. The molecule has 1 aromatic heterocycles. The van der Waals surface area contributed by atoms with E-state index in [2.05, 4.69) is 33.9 Å². The van der Waals surface area contributed by atoms with Gasteiger partial charge in [0.15, 0.2) is 0 Å². The average molecular weight is 302 g/mol. The molecule has 1 spiro atoms. The zero-order valence-corrected chi connectivity index (χ0v) is 13.8. The summed E-state index contributed by atoms with van der Waals surface area (Å²) < 4.78 is 0. The van der Waals surface area contributed by atoms with Gasteiger partial charge in [0.05, 0.1) is 0 Å². The molecule has 1 saturated carbocycles. The first-order valence-electron chi connectivity index (χ1n) is 8.86. The SMILES string of the molecule is Cc1cnccc1NCCNC1CCC2(CCNCC2)CC1. The zero-order chi connectivity index (χ0) is 15.3. The number of pyridine rings is 1. The predicted octanol–water partition coefficient (Wildman–Crippen LogP) is 2.70. The van der Waals surface area contributed by atoms with Crippen molar-refractivity contribution < 1.29 is 0 Å². The van der Waals surface area contributed by atoms with Crippen molar-refractivity contribution >= 4 is 5.69 Å². The van der Waals surface area contributed by atoms with Gasteiger partial charge in [-0.3, -0.25) is 4.98 Å². The van der Waals surface area contributed by atoms with Crippen LogP contribution in [0.3, 0.4) is 0 Å². The quantitative estimate of drug-likeness (QED) is 0.732. The Hall–Kier alpha value is -1.13. The first kappa shape index (κ1) is 15.8. The number of nitrogens with zero attached hydrogens (tertiary/aromatic N) is 1. The van der Waals surface area contributed by atoms with E-state index < -0.39 is 0 Å². The van der Waals surface area contributed by atoms with E-state index >= 15 is 0 Å². The Morgan fingerprint density at radius 3 is 2.68 bits per heavy atom. The van der Waals surface area contributed by atoms with Crippen molar-refractivity contribution in [3.8, 4) is 0 Å². The van der Waals surface area contributed by atoms with Gasteiger partial charge in [0.1, 0.15) is 0 Å². The molecule has 4 nitrogen and oxygen atoms in total. The lowest BCUT2D eigenvalue weighted by Crippen LogP contribution is -2.43. The van der Waals surface area contributed by atoms with Gasteiger partial charge in [0.2, 0.25) is 0 Å². The highest BCUT2D eigenvalue weighted by Gasteiger charge is 2.35. The molecule has 3 N–H and O–H groups in total. The zero-order valence-electron chi connectivity index (χ0n) is 13.8. The molecule has 2 fully saturated rings. The van der Waals surface area contributed by atoms with Gasteiger partial charge in [-0.25, -0.2) is 0 Å². The molecule has 1 aromatic rings. The summed E-state index contributed by atoms with van der Waals surface area (Å²) in [6.07, 6.45) is 12.1. The second-order valence-corrected chi connectivity index (χ2v) is 7.10. The highest BCUT2D eigenvalue weighted by Crippen LogP contribution is 2.43. The third kappa shape index (κ3) is 3.99. The van der Waals surface area contributed by atoms with Crippen LogP contribution in [0.4, 0.5) is 5.69 Å². The summed E-state index contributed by atoms with van der Waals surface area (Å²) in [6, 6.07) is 2.78. The standard InChI is InChI=1S/C18H30N4/c1-15-14-20-9-4-17(15)22-13-12-21-16-2-5-18(6-3-16)7-10-19-11-8-18/h4,9,14,16,19,21H,2-3,5-8,10-13H2,1H3,(H,20,22). The number of aromatic nitrogens is 1. The molecule has 0 radical (unpaired) electrons. The minimum Gasteiger partial charge on any atom is -0.383 e. The Balaban J connectivity index is 1.34. The number of piperidine rings is 1. The molecule has 1 aliphatic carbocycles. The highest BCUT2D eigenvalue weighted by molar-refractivity contribution is 5.48. The topological polar surface area (TPSA) is 49.0 Å². The van der Waals surface area contributed by atoms with Crippen molar-refractivity contribution in [3.63, 3.8) is 0 Å². The van der Waals surface area contributed by atoms with Gasteiger partial charge < -0.3 is 16.0 Å². The number of aryl methyl sites for hydroxylation is 1. The summed E-state index contributed by atoms with van der Waals surface area (Å²) in [4.78, 5) is 4.13. The first-order chi connectivity index (χ1) is 10.8. The number of hydrogen-bond donors (Lipinski definition) is 3. The molecule has 2 aliphatic rings. The maximum Gasteiger partial charge on any atom is 0.0401 e. The lowest BCUT2D eigenvalue weighted by Gasteiger charge is -2.43. The molecule has 4 heteroatoms. The van der Waals surface area contributed by atoms with Crippen LogP contribution in [0.15, 0.2) is 18.5 Å².